The summed E-state index contributed by atoms with van der Waals surface area (Å²) in [5.41, 5.74) is 1.18. The van der Waals surface area contributed by atoms with E-state index < -0.39 is 0 Å². The normalized spacial score (nSPS) is 31.0. The van der Waals surface area contributed by atoms with E-state index in [1.54, 1.807) is 12.1 Å². The van der Waals surface area contributed by atoms with Crippen molar-refractivity contribution >= 4 is 17.5 Å². The minimum absolute atomic E-state index is 0.0829. The fourth-order valence-electron chi connectivity index (χ4n) is 6.47. The molecular formula is C23H28ClN3O2. The number of hydrogen-bond acceptors (Lipinski definition) is 4. The molecule has 2 aromatic rings. The number of aryl methyl sites for hydroxylation is 1. The van der Waals surface area contributed by atoms with Crippen LogP contribution in [0.1, 0.15) is 57.8 Å². The molecule has 5 nitrogen and oxygen atoms in total. The van der Waals surface area contributed by atoms with Crippen molar-refractivity contribution < 1.29 is 9.32 Å². The van der Waals surface area contributed by atoms with Gasteiger partial charge in [0, 0.05) is 29.5 Å². The molecule has 29 heavy (non-hydrogen) atoms. The summed E-state index contributed by atoms with van der Waals surface area (Å²) in [7, 11) is 0. The lowest BCUT2D eigenvalue weighted by atomic mass is 9.48. The highest BCUT2D eigenvalue weighted by atomic mass is 35.5. The first kappa shape index (κ1) is 19.1. The van der Waals surface area contributed by atoms with Crippen LogP contribution in [-0.4, -0.2) is 22.1 Å². The summed E-state index contributed by atoms with van der Waals surface area (Å²) in [6.45, 7) is 2.22. The number of amides is 1. The Hall–Kier alpha value is -1.88. The van der Waals surface area contributed by atoms with Gasteiger partial charge in [0.05, 0.1) is 0 Å². The molecular weight excluding hydrogens is 386 g/mol. The van der Waals surface area contributed by atoms with Gasteiger partial charge in [-0.3, -0.25) is 4.79 Å². The highest BCUT2D eigenvalue weighted by molar-refractivity contribution is 6.30. The van der Waals surface area contributed by atoms with Gasteiger partial charge in [-0.15, -0.1) is 0 Å². The Morgan fingerprint density at radius 2 is 1.79 bits per heavy atom. The number of nitrogens with zero attached hydrogens (tertiary/aromatic N) is 2. The second-order valence-corrected chi connectivity index (χ2v) is 10.0. The monoisotopic (exact) mass is 413 g/mol. The highest BCUT2D eigenvalue weighted by Crippen LogP contribution is 2.61. The highest BCUT2D eigenvalue weighted by Gasteiger charge is 2.53. The van der Waals surface area contributed by atoms with Gasteiger partial charge in [-0.1, -0.05) is 16.8 Å². The van der Waals surface area contributed by atoms with Gasteiger partial charge in [0.25, 0.3) is 0 Å². The summed E-state index contributed by atoms with van der Waals surface area (Å²) in [5.74, 6) is 3.78. The van der Waals surface area contributed by atoms with Gasteiger partial charge in [-0.2, -0.15) is 4.98 Å². The summed E-state index contributed by atoms with van der Waals surface area (Å²) >= 11 is 5.92. The fourth-order valence-corrected chi connectivity index (χ4v) is 6.59. The minimum Gasteiger partial charge on any atom is -0.353 e. The predicted molar refractivity (Wildman–Crippen MR) is 111 cm³/mol. The van der Waals surface area contributed by atoms with E-state index in [9.17, 15) is 4.79 Å². The van der Waals surface area contributed by atoms with Crippen LogP contribution in [0.25, 0.3) is 11.4 Å². The molecule has 4 bridgehead atoms. The Morgan fingerprint density at radius 1 is 1.17 bits per heavy atom. The Morgan fingerprint density at radius 3 is 2.41 bits per heavy atom. The standard InChI is InChI=1S/C23H28ClN3O2/c1-14(23-11-15-8-16(12-23)10-17(9-15)13-23)25-20(28)6-7-21-26-22(27-29-21)18-2-4-19(24)5-3-18/h2-5,14-17H,6-13H2,1H3,(H,25,28). The molecule has 154 valence electrons. The molecule has 1 aromatic heterocycles. The molecule has 4 aliphatic carbocycles. The third-order valence-electron chi connectivity index (χ3n) is 7.52. The molecule has 4 aliphatic rings. The van der Waals surface area contributed by atoms with Gasteiger partial charge in [0.2, 0.25) is 17.6 Å². The van der Waals surface area contributed by atoms with Crippen molar-refractivity contribution in [2.75, 3.05) is 0 Å². The van der Waals surface area contributed by atoms with Crippen molar-refractivity contribution in [3.63, 3.8) is 0 Å². The summed E-state index contributed by atoms with van der Waals surface area (Å²) in [6, 6.07) is 7.56. The van der Waals surface area contributed by atoms with Crippen LogP contribution in [-0.2, 0) is 11.2 Å². The average Bonchev–Trinajstić information content (AvgIpc) is 3.15. The van der Waals surface area contributed by atoms with Crippen LogP contribution in [0.15, 0.2) is 28.8 Å². The molecule has 1 aromatic carbocycles. The Kier molecular flexibility index (Phi) is 4.89. The van der Waals surface area contributed by atoms with Crippen LogP contribution in [0.2, 0.25) is 5.02 Å². The summed E-state index contributed by atoms with van der Waals surface area (Å²) in [5, 5.41) is 8.00. The van der Waals surface area contributed by atoms with E-state index >= 15 is 0 Å². The first-order chi connectivity index (χ1) is 14.0. The second kappa shape index (κ2) is 7.42. The summed E-state index contributed by atoms with van der Waals surface area (Å²) < 4.78 is 5.33. The second-order valence-electron chi connectivity index (χ2n) is 9.59. The fraction of sp³-hybridized carbons (Fsp3) is 0.609. The molecule has 4 fully saturated rings. The number of aromatic nitrogens is 2. The molecule has 0 saturated heterocycles. The van der Waals surface area contributed by atoms with Gasteiger partial charge in [-0.05, 0) is 92.9 Å². The Bertz CT molecular complexity index is 856. The van der Waals surface area contributed by atoms with Crippen LogP contribution in [0.4, 0.5) is 0 Å². The van der Waals surface area contributed by atoms with Crippen molar-refractivity contribution in [2.24, 2.45) is 23.2 Å². The average molecular weight is 414 g/mol. The van der Waals surface area contributed by atoms with Crippen LogP contribution in [0.3, 0.4) is 0 Å². The number of nitrogens with one attached hydrogen (secondary N) is 1. The van der Waals surface area contributed by atoms with Crippen molar-refractivity contribution in [3.8, 4) is 11.4 Å². The molecule has 1 unspecified atom stereocenters. The summed E-state index contributed by atoms with van der Waals surface area (Å²) in [4.78, 5) is 17.0. The lowest BCUT2D eigenvalue weighted by Crippen LogP contribution is -2.55. The van der Waals surface area contributed by atoms with E-state index in [-0.39, 0.29) is 11.9 Å². The Labute approximate surface area is 176 Å². The van der Waals surface area contributed by atoms with E-state index in [1.807, 2.05) is 12.1 Å². The molecule has 4 saturated carbocycles. The third-order valence-corrected chi connectivity index (χ3v) is 7.77. The number of carbonyl (C=O) groups is 1. The van der Waals surface area contributed by atoms with Gasteiger partial charge >= 0.3 is 0 Å². The first-order valence-electron chi connectivity index (χ1n) is 10.9. The van der Waals surface area contributed by atoms with Gasteiger partial charge in [0.1, 0.15) is 0 Å². The predicted octanol–water partition coefficient (Wildman–Crippen LogP) is 5.04. The van der Waals surface area contributed by atoms with Crippen LogP contribution < -0.4 is 5.32 Å². The lowest BCUT2D eigenvalue weighted by Gasteiger charge is -2.59. The van der Waals surface area contributed by atoms with Crippen LogP contribution >= 0.6 is 11.6 Å². The molecule has 0 spiro atoms. The van der Waals surface area contributed by atoms with E-state index in [0.29, 0.717) is 35.0 Å². The molecule has 1 N–H and O–H groups in total. The van der Waals surface area contributed by atoms with Crippen LogP contribution in [0, 0.1) is 23.2 Å². The maximum atomic E-state index is 12.6. The minimum atomic E-state index is 0.0829. The maximum Gasteiger partial charge on any atom is 0.227 e. The van der Waals surface area contributed by atoms with Gasteiger partial charge in [-0.25, -0.2) is 0 Å². The summed E-state index contributed by atoms with van der Waals surface area (Å²) in [6.07, 6.45) is 9.00. The third kappa shape index (κ3) is 3.81. The van der Waals surface area contributed by atoms with Crippen LogP contribution in [0.5, 0.6) is 0 Å². The van der Waals surface area contributed by atoms with Crippen molar-refractivity contribution in [1.82, 2.24) is 15.5 Å². The number of halogens is 1. The molecule has 1 atom stereocenters. The van der Waals surface area contributed by atoms with Crippen molar-refractivity contribution in [3.05, 3.63) is 35.2 Å². The molecule has 1 amide bonds. The van der Waals surface area contributed by atoms with Crippen molar-refractivity contribution in [1.29, 1.82) is 0 Å². The SMILES string of the molecule is CC(NC(=O)CCc1nc(-c2ccc(Cl)cc2)no1)C12CC3CC(CC(C3)C1)C2. The molecule has 1 heterocycles. The number of benzene rings is 1. The molecule has 6 rings (SSSR count). The zero-order valence-electron chi connectivity index (χ0n) is 16.9. The Balaban J connectivity index is 1.16. The quantitative estimate of drug-likeness (QED) is 0.719. The van der Waals surface area contributed by atoms with E-state index in [2.05, 4.69) is 22.4 Å². The first-order valence-corrected chi connectivity index (χ1v) is 11.2. The smallest absolute Gasteiger partial charge is 0.227 e. The van der Waals surface area contributed by atoms with E-state index in [4.69, 9.17) is 16.1 Å². The molecule has 0 radical (unpaired) electrons. The molecule has 0 aliphatic heterocycles. The van der Waals surface area contributed by atoms with Gasteiger partial charge in [0.15, 0.2) is 0 Å². The van der Waals surface area contributed by atoms with E-state index in [0.717, 1.165) is 23.3 Å². The number of rotatable bonds is 6. The van der Waals surface area contributed by atoms with Gasteiger partial charge < -0.3 is 9.84 Å². The maximum absolute atomic E-state index is 12.6. The molecule has 6 heteroatoms. The largest absolute Gasteiger partial charge is 0.353 e. The lowest BCUT2D eigenvalue weighted by molar-refractivity contribution is -0.125. The number of carbonyl (C=O) groups excluding carboxylic acids is 1. The topological polar surface area (TPSA) is 68.0 Å². The van der Waals surface area contributed by atoms with Crippen molar-refractivity contribution in [2.45, 2.75) is 64.3 Å². The zero-order chi connectivity index (χ0) is 20.0. The van der Waals surface area contributed by atoms with E-state index in [1.165, 1.54) is 38.5 Å². The number of hydrogen-bond donors (Lipinski definition) is 1. The zero-order valence-corrected chi connectivity index (χ0v) is 17.6.